The van der Waals surface area contributed by atoms with E-state index in [2.05, 4.69) is 5.10 Å². The molecule has 0 saturated heterocycles. The summed E-state index contributed by atoms with van der Waals surface area (Å²) < 4.78 is 1.65. The first-order valence-electron chi connectivity index (χ1n) is 4.88. The summed E-state index contributed by atoms with van der Waals surface area (Å²) in [4.78, 5) is 0. The van der Waals surface area contributed by atoms with Crippen LogP contribution in [0.15, 0.2) is 24.4 Å². The smallest absolute Gasteiger partial charge is 0.0837 e. The third-order valence-electron chi connectivity index (χ3n) is 2.53. The fraction of sp³-hybridized carbons (Fsp3) is 0.182. The summed E-state index contributed by atoms with van der Waals surface area (Å²) in [6, 6.07) is 4.88. The molecule has 0 spiro atoms. The van der Waals surface area contributed by atoms with Gasteiger partial charge in [-0.2, -0.15) is 5.10 Å². The lowest BCUT2D eigenvalue weighted by molar-refractivity contribution is 0.673. The topological polar surface area (TPSA) is 43.8 Å². The van der Waals surface area contributed by atoms with Crippen molar-refractivity contribution in [1.29, 1.82) is 0 Å². The number of hydrogen-bond donors (Lipinski definition) is 1. The van der Waals surface area contributed by atoms with Crippen LogP contribution >= 0.6 is 34.8 Å². The molecule has 0 fully saturated rings. The molecular weight excluding hydrogens is 281 g/mol. The average Bonchev–Trinajstić information content (AvgIpc) is 2.62. The van der Waals surface area contributed by atoms with Gasteiger partial charge in [-0.1, -0.05) is 40.9 Å². The van der Waals surface area contributed by atoms with Crippen LogP contribution in [-0.2, 0) is 7.05 Å². The van der Waals surface area contributed by atoms with Crippen LogP contribution in [0, 0.1) is 0 Å². The van der Waals surface area contributed by atoms with Crippen LogP contribution in [0.25, 0.3) is 0 Å². The van der Waals surface area contributed by atoms with Crippen LogP contribution in [0.5, 0.6) is 0 Å². The second-order valence-corrected chi connectivity index (χ2v) is 4.87. The predicted octanol–water partition coefficient (Wildman–Crippen LogP) is 3.43. The molecule has 0 amide bonds. The summed E-state index contributed by atoms with van der Waals surface area (Å²) in [7, 11) is 1.79. The molecule has 6 heteroatoms. The van der Waals surface area contributed by atoms with E-state index in [1.54, 1.807) is 30.1 Å². The molecule has 1 heterocycles. The summed E-state index contributed by atoms with van der Waals surface area (Å²) in [5.74, 6) is 0. The SMILES string of the molecule is Cn1ncc(Cl)c1C(N)c1ccc(Cl)c(Cl)c1. The maximum Gasteiger partial charge on any atom is 0.0837 e. The number of halogens is 3. The van der Waals surface area contributed by atoms with Crippen molar-refractivity contribution >= 4 is 34.8 Å². The van der Waals surface area contributed by atoms with E-state index < -0.39 is 0 Å². The molecule has 1 aromatic heterocycles. The van der Waals surface area contributed by atoms with Crippen molar-refractivity contribution in [2.24, 2.45) is 12.8 Å². The van der Waals surface area contributed by atoms with Crippen molar-refractivity contribution in [3.63, 3.8) is 0 Å². The Labute approximate surface area is 114 Å². The number of benzene rings is 1. The fourth-order valence-electron chi connectivity index (χ4n) is 1.63. The quantitative estimate of drug-likeness (QED) is 0.921. The van der Waals surface area contributed by atoms with E-state index in [1.165, 1.54) is 0 Å². The van der Waals surface area contributed by atoms with E-state index in [0.717, 1.165) is 11.3 Å². The Morgan fingerprint density at radius 3 is 2.41 bits per heavy atom. The Morgan fingerprint density at radius 2 is 1.88 bits per heavy atom. The van der Waals surface area contributed by atoms with E-state index in [0.29, 0.717) is 15.1 Å². The number of aryl methyl sites for hydroxylation is 1. The molecule has 2 aromatic rings. The second kappa shape index (κ2) is 4.86. The normalized spacial score (nSPS) is 12.8. The van der Waals surface area contributed by atoms with Gasteiger partial charge in [0.1, 0.15) is 0 Å². The molecule has 2 rings (SSSR count). The standard InChI is InChI=1S/C11H10Cl3N3/c1-17-11(9(14)5-16-17)10(15)6-2-3-7(12)8(13)4-6/h2-5,10H,15H2,1H3. The predicted molar refractivity (Wildman–Crippen MR) is 70.7 cm³/mol. The van der Waals surface area contributed by atoms with Crippen LogP contribution in [0.3, 0.4) is 0 Å². The Bertz CT molecular complexity index is 531. The average molecular weight is 291 g/mol. The van der Waals surface area contributed by atoms with Crippen LogP contribution in [0.1, 0.15) is 17.3 Å². The molecule has 1 aromatic carbocycles. The summed E-state index contributed by atoms with van der Waals surface area (Å²) in [6.07, 6.45) is 1.56. The second-order valence-electron chi connectivity index (χ2n) is 3.65. The first kappa shape index (κ1) is 12.7. The fourth-order valence-corrected chi connectivity index (χ4v) is 2.22. The van der Waals surface area contributed by atoms with E-state index in [4.69, 9.17) is 40.5 Å². The molecule has 1 unspecified atom stereocenters. The molecule has 1 atom stereocenters. The molecule has 0 aliphatic carbocycles. The van der Waals surface area contributed by atoms with Gasteiger partial charge >= 0.3 is 0 Å². The van der Waals surface area contributed by atoms with Crippen molar-refractivity contribution in [3.05, 3.63) is 50.7 Å². The molecule has 0 saturated carbocycles. The monoisotopic (exact) mass is 289 g/mol. The minimum absolute atomic E-state index is 0.384. The first-order valence-corrected chi connectivity index (χ1v) is 6.02. The Balaban J connectivity index is 2.43. The molecule has 3 nitrogen and oxygen atoms in total. The van der Waals surface area contributed by atoms with Gasteiger partial charge in [0.2, 0.25) is 0 Å². The minimum atomic E-state index is -0.384. The van der Waals surface area contributed by atoms with E-state index in [1.807, 2.05) is 6.07 Å². The first-order chi connectivity index (χ1) is 8.00. The van der Waals surface area contributed by atoms with Crippen LogP contribution in [0.4, 0.5) is 0 Å². The van der Waals surface area contributed by atoms with Crippen LogP contribution in [0.2, 0.25) is 15.1 Å². The minimum Gasteiger partial charge on any atom is -0.319 e. The molecule has 0 bridgehead atoms. The summed E-state index contributed by atoms with van der Waals surface area (Å²) in [5, 5.41) is 5.55. The lowest BCUT2D eigenvalue weighted by Gasteiger charge is -2.14. The van der Waals surface area contributed by atoms with Crippen molar-refractivity contribution in [2.45, 2.75) is 6.04 Å². The van der Waals surface area contributed by atoms with Gasteiger partial charge in [0, 0.05) is 7.05 Å². The number of hydrogen-bond acceptors (Lipinski definition) is 2. The molecule has 0 aliphatic heterocycles. The zero-order valence-corrected chi connectivity index (χ0v) is 11.3. The van der Waals surface area contributed by atoms with Gasteiger partial charge in [0.15, 0.2) is 0 Å². The lowest BCUT2D eigenvalue weighted by Crippen LogP contribution is -2.16. The van der Waals surface area contributed by atoms with Crippen molar-refractivity contribution in [2.75, 3.05) is 0 Å². The van der Waals surface area contributed by atoms with Crippen molar-refractivity contribution in [1.82, 2.24) is 9.78 Å². The Morgan fingerprint density at radius 1 is 1.18 bits per heavy atom. The number of nitrogens with two attached hydrogens (primary N) is 1. The largest absolute Gasteiger partial charge is 0.319 e. The molecule has 0 aliphatic rings. The van der Waals surface area contributed by atoms with Gasteiger partial charge in [0.25, 0.3) is 0 Å². The van der Waals surface area contributed by atoms with Gasteiger partial charge in [-0.05, 0) is 17.7 Å². The molecule has 90 valence electrons. The Hall–Kier alpha value is -0.740. The third kappa shape index (κ3) is 2.43. The zero-order valence-electron chi connectivity index (χ0n) is 8.99. The number of nitrogens with zero attached hydrogens (tertiary/aromatic N) is 2. The Kier molecular flexibility index (Phi) is 3.64. The number of rotatable bonds is 2. The highest BCUT2D eigenvalue weighted by Crippen LogP contribution is 2.30. The maximum absolute atomic E-state index is 6.13. The highest BCUT2D eigenvalue weighted by Gasteiger charge is 2.17. The number of aromatic nitrogens is 2. The zero-order chi connectivity index (χ0) is 12.6. The highest BCUT2D eigenvalue weighted by atomic mass is 35.5. The maximum atomic E-state index is 6.13. The van der Waals surface area contributed by atoms with Crippen LogP contribution in [-0.4, -0.2) is 9.78 Å². The molecule has 0 radical (unpaired) electrons. The highest BCUT2D eigenvalue weighted by molar-refractivity contribution is 6.42. The van der Waals surface area contributed by atoms with Crippen molar-refractivity contribution in [3.8, 4) is 0 Å². The van der Waals surface area contributed by atoms with Gasteiger partial charge in [-0.15, -0.1) is 0 Å². The molecule has 2 N–H and O–H groups in total. The third-order valence-corrected chi connectivity index (χ3v) is 3.57. The van der Waals surface area contributed by atoms with E-state index >= 15 is 0 Å². The van der Waals surface area contributed by atoms with Crippen molar-refractivity contribution < 1.29 is 0 Å². The van der Waals surface area contributed by atoms with Gasteiger partial charge in [-0.3, -0.25) is 4.68 Å². The molecular formula is C11H10Cl3N3. The van der Waals surface area contributed by atoms with E-state index in [-0.39, 0.29) is 6.04 Å². The van der Waals surface area contributed by atoms with E-state index in [9.17, 15) is 0 Å². The summed E-state index contributed by atoms with van der Waals surface area (Å²) in [5.41, 5.74) is 7.71. The lowest BCUT2D eigenvalue weighted by atomic mass is 10.0. The summed E-state index contributed by atoms with van der Waals surface area (Å²) in [6.45, 7) is 0. The van der Waals surface area contributed by atoms with Crippen LogP contribution < -0.4 is 5.73 Å². The van der Waals surface area contributed by atoms with Gasteiger partial charge < -0.3 is 5.73 Å². The van der Waals surface area contributed by atoms with Gasteiger partial charge in [-0.25, -0.2) is 0 Å². The summed E-state index contributed by atoms with van der Waals surface area (Å²) >= 11 is 17.9. The van der Waals surface area contributed by atoms with Gasteiger partial charge in [0.05, 0.1) is 33.0 Å². The molecule has 17 heavy (non-hydrogen) atoms.